The Morgan fingerprint density at radius 1 is 1.29 bits per heavy atom. The molecule has 3 aromatic rings. The minimum Gasteiger partial charge on any atom is -0.492 e. The molecule has 3 heterocycles. The van der Waals surface area contributed by atoms with Gasteiger partial charge in [0, 0.05) is 11.4 Å². The topological polar surface area (TPSA) is 53.7 Å². The van der Waals surface area contributed by atoms with Crippen LogP contribution in [0.2, 0.25) is 5.02 Å². The highest BCUT2D eigenvalue weighted by Gasteiger charge is 2.32. The number of aryl methyl sites for hydroxylation is 1. The van der Waals surface area contributed by atoms with E-state index in [4.69, 9.17) is 11.6 Å². The van der Waals surface area contributed by atoms with Gasteiger partial charge in [-0.05, 0) is 37.6 Å². The van der Waals surface area contributed by atoms with Gasteiger partial charge in [0.1, 0.15) is 0 Å². The summed E-state index contributed by atoms with van der Waals surface area (Å²) >= 11 is 7.98. The van der Waals surface area contributed by atoms with Gasteiger partial charge in [0.15, 0.2) is 5.82 Å². The van der Waals surface area contributed by atoms with Crippen molar-refractivity contribution in [2.45, 2.75) is 32.2 Å². The van der Waals surface area contributed by atoms with E-state index >= 15 is 0 Å². The summed E-state index contributed by atoms with van der Waals surface area (Å²) in [4.78, 5) is 8.47. The largest absolute Gasteiger partial charge is 0.492 e. The number of benzene rings is 1. The normalized spacial score (nSPS) is 16.9. The zero-order valence-corrected chi connectivity index (χ0v) is 15.0. The highest BCUT2D eigenvalue weighted by Crippen LogP contribution is 2.42. The number of aromatic nitrogens is 3. The van der Waals surface area contributed by atoms with Crippen LogP contribution in [-0.2, 0) is 6.42 Å². The minimum atomic E-state index is -0.0558. The second-order valence-electron chi connectivity index (χ2n) is 6.03. The van der Waals surface area contributed by atoms with Gasteiger partial charge in [-0.3, -0.25) is 4.90 Å². The van der Waals surface area contributed by atoms with Crippen LogP contribution in [0.25, 0.3) is 4.96 Å². The third-order valence-electron chi connectivity index (χ3n) is 4.51. The lowest BCUT2D eigenvalue weighted by atomic mass is 10.0. The first-order valence-corrected chi connectivity index (χ1v) is 9.44. The summed E-state index contributed by atoms with van der Waals surface area (Å²) in [5.41, 5.74) is 1.02. The predicted molar refractivity (Wildman–Crippen MR) is 96.0 cm³/mol. The van der Waals surface area contributed by atoms with E-state index < -0.39 is 0 Å². The number of thiazole rings is 1. The predicted octanol–water partition coefficient (Wildman–Crippen LogP) is 3.90. The summed E-state index contributed by atoms with van der Waals surface area (Å²) < 4.78 is 1.55. The van der Waals surface area contributed by atoms with Crippen LogP contribution in [0.4, 0.5) is 0 Å². The molecule has 1 unspecified atom stereocenters. The quantitative estimate of drug-likeness (QED) is 0.764. The number of nitrogens with zero attached hydrogens (tertiary/aromatic N) is 4. The van der Waals surface area contributed by atoms with Crippen LogP contribution in [0.15, 0.2) is 24.3 Å². The van der Waals surface area contributed by atoms with Gasteiger partial charge in [-0.25, -0.2) is 4.98 Å². The van der Waals surface area contributed by atoms with Crippen LogP contribution < -0.4 is 0 Å². The molecule has 0 radical (unpaired) electrons. The molecule has 0 amide bonds. The van der Waals surface area contributed by atoms with Gasteiger partial charge in [-0.1, -0.05) is 48.1 Å². The summed E-state index contributed by atoms with van der Waals surface area (Å²) in [6, 6.07) is 7.82. The van der Waals surface area contributed by atoms with Crippen molar-refractivity contribution in [3.8, 4) is 5.88 Å². The fourth-order valence-corrected chi connectivity index (χ4v) is 4.68. The third kappa shape index (κ3) is 2.59. The Morgan fingerprint density at radius 3 is 2.71 bits per heavy atom. The molecule has 0 aliphatic carbocycles. The van der Waals surface area contributed by atoms with E-state index in [2.05, 4.69) is 15.0 Å². The molecule has 1 atom stereocenters. The monoisotopic (exact) mass is 362 g/mol. The molecular formula is C17H19ClN4OS. The van der Waals surface area contributed by atoms with Crippen LogP contribution in [-0.4, -0.2) is 37.7 Å². The Hall–Kier alpha value is -1.63. The molecular weight excluding hydrogens is 344 g/mol. The van der Waals surface area contributed by atoms with Gasteiger partial charge in [-0.2, -0.15) is 4.52 Å². The van der Waals surface area contributed by atoms with Crippen molar-refractivity contribution in [1.29, 1.82) is 0 Å². The molecule has 1 fully saturated rings. The second kappa shape index (κ2) is 6.35. The lowest BCUT2D eigenvalue weighted by molar-refractivity contribution is 0.277. The average Bonchev–Trinajstić information content (AvgIpc) is 3.29. The molecule has 1 saturated heterocycles. The fourth-order valence-electron chi connectivity index (χ4n) is 3.32. The van der Waals surface area contributed by atoms with Crippen molar-refractivity contribution in [1.82, 2.24) is 19.5 Å². The van der Waals surface area contributed by atoms with Gasteiger partial charge in [0.2, 0.25) is 10.8 Å². The van der Waals surface area contributed by atoms with Crippen LogP contribution in [0.1, 0.15) is 42.1 Å². The maximum absolute atomic E-state index is 10.8. The first kappa shape index (κ1) is 15.9. The molecule has 126 valence electrons. The maximum Gasteiger partial charge on any atom is 0.230 e. The zero-order valence-electron chi connectivity index (χ0n) is 13.4. The SMILES string of the molecule is CCc1nc2sc(C(c3ccccc3Cl)N3CCCC3)c(O)n2n1. The van der Waals surface area contributed by atoms with E-state index in [0.717, 1.165) is 45.8 Å². The van der Waals surface area contributed by atoms with Crippen molar-refractivity contribution < 1.29 is 5.11 Å². The van der Waals surface area contributed by atoms with Crippen molar-refractivity contribution >= 4 is 27.9 Å². The molecule has 1 aliphatic rings. The lowest BCUT2D eigenvalue weighted by Gasteiger charge is -2.27. The molecule has 0 saturated carbocycles. The fraction of sp³-hybridized carbons (Fsp3) is 0.412. The second-order valence-corrected chi connectivity index (χ2v) is 7.45. The van der Waals surface area contributed by atoms with Crippen molar-refractivity contribution in [2.75, 3.05) is 13.1 Å². The molecule has 1 N–H and O–H groups in total. The van der Waals surface area contributed by atoms with Crippen LogP contribution in [0.5, 0.6) is 5.88 Å². The molecule has 1 aromatic carbocycles. The van der Waals surface area contributed by atoms with Gasteiger partial charge in [0.25, 0.3) is 0 Å². The molecule has 4 rings (SSSR count). The summed E-state index contributed by atoms with van der Waals surface area (Å²) in [5.74, 6) is 0.928. The number of rotatable bonds is 4. The summed E-state index contributed by atoms with van der Waals surface area (Å²) in [6.07, 6.45) is 3.09. The maximum atomic E-state index is 10.8. The summed E-state index contributed by atoms with van der Waals surface area (Å²) in [5, 5.41) is 15.9. The van der Waals surface area contributed by atoms with Crippen molar-refractivity contribution in [3.05, 3.63) is 45.6 Å². The van der Waals surface area contributed by atoms with E-state index in [1.807, 2.05) is 31.2 Å². The van der Waals surface area contributed by atoms with E-state index in [1.54, 1.807) is 4.52 Å². The summed E-state index contributed by atoms with van der Waals surface area (Å²) in [6.45, 7) is 4.01. The molecule has 7 heteroatoms. The number of aromatic hydroxyl groups is 1. The van der Waals surface area contributed by atoms with Crippen molar-refractivity contribution in [3.63, 3.8) is 0 Å². The molecule has 1 aliphatic heterocycles. The minimum absolute atomic E-state index is 0.0558. The van der Waals surface area contributed by atoms with E-state index in [0.29, 0.717) is 0 Å². The Bertz CT molecular complexity index is 869. The molecule has 2 aromatic heterocycles. The smallest absolute Gasteiger partial charge is 0.230 e. The standard InChI is InChI=1S/C17H19ClN4OS/c1-2-13-19-17-22(20-13)16(23)15(24-17)14(21-9-5-6-10-21)11-7-3-4-8-12(11)18/h3-4,7-8,14,23H,2,5-6,9-10H2,1H3. The highest BCUT2D eigenvalue weighted by molar-refractivity contribution is 7.17. The number of likely N-dealkylation sites (tertiary alicyclic amines) is 1. The molecule has 24 heavy (non-hydrogen) atoms. The Kier molecular flexibility index (Phi) is 4.20. The van der Waals surface area contributed by atoms with Gasteiger partial charge in [-0.15, -0.1) is 5.10 Å². The lowest BCUT2D eigenvalue weighted by Crippen LogP contribution is -2.26. The summed E-state index contributed by atoms with van der Waals surface area (Å²) in [7, 11) is 0. The Balaban J connectivity index is 1.85. The van der Waals surface area contributed by atoms with Crippen LogP contribution in [0.3, 0.4) is 0 Å². The number of hydrogen-bond acceptors (Lipinski definition) is 5. The van der Waals surface area contributed by atoms with Gasteiger partial charge >= 0.3 is 0 Å². The van der Waals surface area contributed by atoms with Crippen molar-refractivity contribution in [2.24, 2.45) is 0 Å². The average molecular weight is 363 g/mol. The van der Waals surface area contributed by atoms with E-state index in [1.165, 1.54) is 24.2 Å². The first-order valence-electron chi connectivity index (χ1n) is 8.24. The number of fused-ring (bicyclic) bond motifs is 1. The van der Waals surface area contributed by atoms with Crippen LogP contribution >= 0.6 is 22.9 Å². The van der Waals surface area contributed by atoms with Crippen LogP contribution in [0, 0.1) is 0 Å². The van der Waals surface area contributed by atoms with Gasteiger partial charge < -0.3 is 5.11 Å². The Labute approximate surface area is 149 Å². The molecule has 5 nitrogen and oxygen atoms in total. The number of hydrogen-bond donors (Lipinski definition) is 1. The van der Waals surface area contributed by atoms with Gasteiger partial charge in [0.05, 0.1) is 10.9 Å². The van der Waals surface area contributed by atoms with E-state index in [9.17, 15) is 5.11 Å². The highest BCUT2D eigenvalue weighted by atomic mass is 35.5. The Morgan fingerprint density at radius 2 is 2.04 bits per heavy atom. The first-order chi connectivity index (χ1) is 11.7. The molecule has 0 spiro atoms. The molecule has 0 bridgehead atoms. The van der Waals surface area contributed by atoms with E-state index in [-0.39, 0.29) is 11.9 Å². The number of halogens is 1. The zero-order chi connectivity index (χ0) is 16.7. The third-order valence-corrected chi connectivity index (χ3v) is 5.93.